The third-order valence-electron chi connectivity index (χ3n) is 7.16. The number of para-hydroxylation sites is 1. The number of halogens is 5. The van der Waals surface area contributed by atoms with Gasteiger partial charge in [0.25, 0.3) is 16.4 Å². The zero-order valence-corrected chi connectivity index (χ0v) is 26.6. The number of sulfonamides is 1. The molecule has 3 heterocycles. The van der Waals surface area contributed by atoms with Gasteiger partial charge in [-0.3, -0.25) is 9.52 Å². The van der Waals surface area contributed by atoms with E-state index in [9.17, 15) is 30.8 Å². The van der Waals surface area contributed by atoms with Gasteiger partial charge in [0.1, 0.15) is 18.2 Å². The third-order valence-corrected chi connectivity index (χ3v) is 8.79. The number of anilines is 2. The monoisotopic (exact) mass is 714 g/mol. The number of nitrogens with two attached hydrogens (primary N) is 1. The highest BCUT2D eigenvalue weighted by atomic mass is 35.5. The number of pyridine rings is 1. The van der Waals surface area contributed by atoms with Gasteiger partial charge in [0.05, 0.1) is 39.9 Å². The summed E-state index contributed by atoms with van der Waals surface area (Å²) in [6.07, 6.45) is -0.320. The lowest BCUT2D eigenvalue weighted by molar-refractivity contribution is 0.0823. The van der Waals surface area contributed by atoms with E-state index in [-0.39, 0.29) is 44.8 Å². The fourth-order valence-electron chi connectivity index (χ4n) is 4.81. The Kier molecular flexibility index (Phi) is 8.92. The number of fused-ring (bicyclic) bond motifs is 1. The minimum Gasteiger partial charge on any atom is -0.485 e. The Labute approximate surface area is 280 Å². The number of nitrogens with one attached hydrogen (secondary N) is 2. The second-order valence-corrected chi connectivity index (χ2v) is 12.6. The van der Waals surface area contributed by atoms with Crippen molar-refractivity contribution in [3.05, 3.63) is 113 Å². The molecule has 0 spiro atoms. The molecule has 0 saturated carbocycles. The zero-order chi connectivity index (χ0) is 35.0. The number of benzene rings is 3. The molecule has 3 aromatic heterocycles. The van der Waals surface area contributed by atoms with E-state index in [2.05, 4.69) is 19.8 Å². The Morgan fingerprint density at radius 1 is 1.06 bits per heavy atom. The van der Waals surface area contributed by atoms with Crippen LogP contribution in [0.25, 0.3) is 16.6 Å². The highest BCUT2D eigenvalue weighted by molar-refractivity contribution is 7.92. The minimum absolute atomic E-state index is 0.0162. The molecule has 17 heteroatoms. The van der Waals surface area contributed by atoms with Crippen LogP contribution in [0.5, 0.6) is 17.4 Å². The summed E-state index contributed by atoms with van der Waals surface area (Å²) in [5.74, 6) is -3.41. The molecule has 0 saturated heterocycles. The normalized spacial score (nSPS) is 11.7. The number of H-pyrrole nitrogens is 1. The lowest BCUT2D eigenvalue weighted by Crippen LogP contribution is -2.15. The van der Waals surface area contributed by atoms with Crippen molar-refractivity contribution in [2.75, 3.05) is 17.1 Å². The van der Waals surface area contributed by atoms with Crippen molar-refractivity contribution in [1.82, 2.24) is 19.7 Å². The molecular weight excluding hydrogens is 692 g/mol. The molecule has 0 aliphatic carbocycles. The van der Waals surface area contributed by atoms with Crippen LogP contribution in [0, 0.1) is 18.6 Å². The molecular formula is C32H23ClF4N6O5S. The first kappa shape index (κ1) is 33.3. The van der Waals surface area contributed by atoms with Gasteiger partial charge in [-0.15, -0.1) is 0 Å². The molecule has 252 valence electrons. The van der Waals surface area contributed by atoms with E-state index in [0.717, 1.165) is 12.1 Å². The summed E-state index contributed by atoms with van der Waals surface area (Å²) in [7, 11) is -4.20. The van der Waals surface area contributed by atoms with Gasteiger partial charge < -0.3 is 20.2 Å². The summed E-state index contributed by atoms with van der Waals surface area (Å²) in [5.41, 5.74) is 7.26. The topological polar surface area (TPSA) is 154 Å². The largest absolute Gasteiger partial charge is 0.485 e. The van der Waals surface area contributed by atoms with Crippen LogP contribution in [0.1, 0.15) is 21.6 Å². The third kappa shape index (κ3) is 6.86. The summed E-state index contributed by atoms with van der Waals surface area (Å²) >= 11 is 5.86. The lowest BCUT2D eigenvalue weighted by atomic mass is 10.1. The molecule has 0 amide bonds. The summed E-state index contributed by atoms with van der Waals surface area (Å²) in [4.78, 5) is 20.4. The maximum absolute atomic E-state index is 14.0. The van der Waals surface area contributed by atoms with Gasteiger partial charge in [-0.1, -0.05) is 17.7 Å². The number of aromatic amines is 1. The average Bonchev–Trinajstić information content (AvgIpc) is 3.64. The molecule has 6 aromatic rings. The van der Waals surface area contributed by atoms with E-state index in [1.807, 2.05) is 0 Å². The molecule has 0 aliphatic rings. The van der Waals surface area contributed by atoms with E-state index in [0.29, 0.717) is 21.7 Å². The maximum atomic E-state index is 14.0. The van der Waals surface area contributed by atoms with E-state index in [1.54, 1.807) is 6.92 Å². The number of carbonyl (C=O) groups is 1. The van der Waals surface area contributed by atoms with E-state index < -0.39 is 46.2 Å². The Morgan fingerprint density at radius 3 is 2.45 bits per heavy atom. The molecule has 0 bridgehead atoms. The van der Waals surface area contributed by atoms with Gasteiger partial charge >= 0.3 is 0 Å². The number of hydrogen-bond donors (Lipinski definition) is 3. The first-order valence-electron chi connectivity index (χ1n) is 14.1. The number of aromatic nitrogens is 4. The first-order chi connectivity index (χ1) is 23.3. The molecule has 0 atom stereocenters. The fourth-order valence-corrected chi connectivity index (χ4v) is 5.99. The van der Waals surface area contributed by atoms with Crippen LogP contribution in [0.15, 0.2) is 84.0 Å². The second-order valence-electron chi connectivity index (χ2n) is 10.5. The SMILES string of the molecule is Cc1cc(Oc2c(F)cccc2F)ncc1-n1ncc(C(=O)c2cc3cc(OCC(F)F)c(NS(=O)(=O)c4ccc(Cl)cc4)cc3[nH]2)c1N. The van der Waals surface area contributed by atoms with Crippen molar-refractivity contribution in [2.45, 2.75) is 18.2 Å². The van der Waals surface area contributed by atoms with E-state index >= 15 is 0 Å². The summed E-state index contributed by atoms with van der Waals surface area (Å²) in [6.45, 7) is 0.628. The molecule has 0 aliphatic heterocycles. The predicted octanol–water partition coefficient (Wildman–Crippen LogP) is 7.04. The number of aryl methyl sites for hydroxylation is 1. The molecule has 6 rings (SSSR count). The van der Waals surface area contributed by atoms with Crippen molar-refractivity contribution >= 4 is 49.8 Å². The smallest absolute Gasteiger partial charge is 0.272 e. The van der Waals surface area contributed by atoms with Crippen LogP contribution in [-0.4, -0.2) is 47.0 Å². The number of alkyl halides is 2. The van der Waals surface area contributed by atoms with Crippen LogP contribution >= 0.6 is 11.6 Å². The molecule has 0 fully saturated rings. The van der Waals surface area contributed by atoms with Gasteiger partial charge in [-0.05, 0) is 67.1 Å². The van der Waals surface area contributed by atoms with E-state index in [4.69, 9.17) is 26.8 Å². The minimum atomic E-state index is -4.20. The Bertz CT molecular complexity index is 2310. The van der Waals surface area contributed by atoms with Gasteiger partial charge in [-0.25, -0.2) is 35.6 Å². The van der Waals surface area contributed by atoms with Crippen molar-refractivity contribution < 1.29 is 40.2 Å². The zero-order valence-electron chi connectivity index (χ0n) is 25.0. The van der Waals surface area contributed by atoms with Gasteiger partial charge in [0, 0.05) is 22.0 Å². The van der Waals surface area contributed by atoms with Crippen LogP contribution in [0.2, 0.25) is 5.02 Å². The highest BCUT2D eigenvalue weighted by Gasteiger charge is 2.23. The van der Waals surface area contributed by atoms with Crippen LogP contribution < -0.4 is 19.9 Å². The Hall–Kier alpha value is -5.61. The fraction of sp³-hybridized carbons (Fsp3) is 0.0938. The number of ether oxygens (including phenoxy) is 2. The molecule has 0 unspecified atom stereocenters. The van der Waals surface area contributed by atoms with Crippen LogP contribution in [-0.2, 0) is 10.0 Å². The van der Waals surface area contributed by atoms with Gasteiger partial charge in [0.2, 0.25) is 17.4 Å². The maximum Gasteiger partial charge on any atom is 0.272 e. The van der Waals surface area contributed by atoms with Crippen molar-refractivity contribution in [3.63, 3.8) is 0 Å². The number of nitrogen functional groups attached to an aromatic ring is 1. The Morgan fingerprint density at radius 2 is 1.78 bits per heavy atom. The number of ketones is 1. The summed E-state index contributed by atoms with van der Waals surface area (Å²) < 4.78 is 94.4. The molecule has 49 heavy (non-hydrogen) atoms. The van der Waals surface area contributed by atoms with Crippen molar-refractivity contribution in [2.24, 2.45) is 0 Å². The number of rotatable bonds is 11. The Balaban J connectivity index is 1.29. The van der Waals surface area contributed by atoms with Crippen molar-refractivity contribution in [3.8, 4) is 23.1 Å². The van der Waals surface area contributed by atoms with Crippen LogP contribution in [0.4, 0.5) is 29.1 Å². The quantitative estimate of drug-likeness (QED) is 0.0954. The molecule has 4 N–H and O–H groups in total. The molecule has 0 radical (unpaired) electrons. The summed E-state index contributed by atoms with van der Waals surface area (Å²) in [5, 5.41) is 4.87. The van der Waals surface area contributed by atoms with Gasteiger partial charge in [0.15, 0.2) is 11.6 Å². The summed E-state index contributed by atoms with van der Waals surface area (Å²) in [6, 6.07) is 14.0. The standard InChI is InChI=1S/C32H23ClF4N6O5S/c1-16-9-29(48-31-21(34)3-2-4-22(31)35)39-14-26(16)43-32(38)20(13-40-43)30(44)25-10-17-11-27(47-15-28(36)37)24(12-23(17)41-25)42-49(45,46)19-7-5-18(33)6-8-19/h2-14,28,41-42H,15,38H2,1H3. The van der Waals surface area contributed by atoms with E-state index in [1.165, 1.54) is 71.7 Å². The van der Waals surface area contributed by atoms with Crippen molar-refractivity contribution in [1.29, 1.82) is 0 Å². The lowest BCUT2D eigenvalue weighted by Gasteiger charge is -2.14. The predicted molar refractivity (Wildman–Crippen MR) is 172 cm³/mol. The molecule has 3 aromatic carbocycles. The number of nitrogens with zero attached hydrogens (tertiary/aromatic N) is 3. The second kappa shape index (κ2) is 13.1. The number of carbonyl (C=O) groups excluding carboxylic acids is 1. The average molecular weight is 715 g/mol. The highest BCUT2D eigenvalue weighted by Crippen LogP contribution is 2.34. The van der Waals surface area contributed by atoms with Crippen LogP contribution in [0.3, 0.4) is 0 Å². The number of hydrogen-bond acceptors (Lipinski definition) is 8. The molecule has 11 nitrogen and oxygen atoms in total. The first-order valence-corrected chi connectivity index (χ1v) is 16.0. The van der Waals surface area contributed by atoms with Gasteiger partial charge in [-0.2, -0.15) is 5.10 Å².